The van der Waals surface area contributed by atoms with E-state index in [2.05, 4.69) is 22.3 Å². The van der Waals surface area contributed by atoms with Crippen molar-refractivity contribution in [2.75, 3.05) is 25.0 Å². The topological polar surface area (TPSA) is 49.4 Å². The molecule has 4 heteroatoms. The second-order valence-electron chi connectivity index (χ2n) is 7.39. The molecule has 142 valence electrons. The van der Waals surface area contributed by atoms with E-state index < -0.39 is 0 Å². The highest BCUT2D eigenvalue weighted by molar-refractivity contribution is 5.95. The van der Waals surface area contributed by atoms with Crippen molar-refractivity contribution in [1.29, 1.82) is 0 Å². The van der Waals surface area contributed by atoms with Crippen molar-refractivity contribution in [1.82, 2.24) is 4.90 Å². The number of likely N-dealkylation sites (tertiary alicyclic amines) is 1. The maximum absolute atomic E-state index is 12.5. The van der Waals surface area contributed by atoms with E-state index in [4.69, 9.17) is 0 Å². The van der Waals surface area contributed by atoms with Gasteiger partial charge in [-0.3, -0.25) is 4.79 Å². The molecule has 1 fully saturated rings. The summed E-state index contributed by atoms with van der Waals surface area (Å²) >= 11 is 0. The normalized spacial score (nSPS) is 16.6. The largest absolute Gasteiger partial charge is 0.326 e. The lowest BCUT2D eigenvalue weighted by Gasteiger charge is -2.29. The van der Waals surface area contributed by atoms with E-state index in [1.165, 1.54) is 5.56 Å². The fourth-order valence-corrected chi connectivity index (χ4v) is 3.55. The molecule has 1 unspecified atom stereocenters. The number of benzene rings is 2. The van der Waals surface area contributed by atoms with E-state index in [1.54, 1.807) is 0 Å². The zero-order valence-corrected chi connectivity index (χ0v) is 15.9. The fraction of sp³-hybridized carbons (Fsp3) is 0.391. The minimum absolute atomic E-state index is 0.00860. The van der Waals surface area contributed by atoms with Crippen LogP contribution in [0.1, 0.15) is 36.8 Å². The van der Waals surface area contributed by atoms with Crippen LogP contribution in [0.25, 0.3) is 0 Å². The first-order valence-electron chi connectivity index (χ1n) is 9.78. The molecule has 1 heterocycles. The molecule has 1 atom stereocenters. The maximum Gasteiger partial charge on any atom is 0.231 e. The summed E-state index contributed by atoms with van der Waals surface area (Å²) in [5.41, 5.74) is 3.09. The third-order valence-corrected chi connectivity index (χ3v) is 5.43. The van der Waals surface area contributed by atoms with E-state index in [-0.39, 0.29) is 17.7 Å². The number of nitrogens with zero attached hydrogens (tertiary/aromatic N) is 1. The Balaban J connectivity index is 1.53. The highest BCUT2D eigenvalue weighted by Gasteiger charge is 2.18. The smallest absolute Gasteiger partial charge is 0.231 e. The standard InChI is InChI=1S/C23H28N2O2/c1-18(21-7-3-2-4-8-21)23(27)24-22-9-5-6-19(16-22)10-13-25-14-11-20(17-26)12-15-25/h2-9,16-18,20H,10-15H2,1H3,(H,24,27). The Hall–Kier alpha value is -2.46. The molecule has 27 heavy (non-hydrogen) atoms. The number of hydrogen-bond donors (Lipinski definition) is 1. The molecule has 0 radical (unpaired) electrons. The van der Waals surface area contributed by atoms with Crippen LogP contribution in [-0.2, 0) is 16.0 Å². The number of piperidine rings is 1. The Morgan fingerprint density at radius 2 is 1.89 bits per heavy atom. The summed E-state index contributed by atoms with van der Waals surface area (Å²) < 4.78 is 0. The number of aldehydes is 1. The summed E-state index contributed by atoms with van der Waals surface area (Å²) in [4.78, 5) is 25.8. The molecule has 4 nitrogen and oxygen atoms in total. The van der Waals surface area contributed by atoms with Crippen molar-refractivity contribution in [2.45, 2.75) is 32.1 Å². The van der Waals surface area contributed by atoms with Crippen molar-refractivity contribution in [3.8, 4) is 0 Å². The monoisotopic (exact) mass is 364 g/mol. The van der Waals surface area contributed by atoms with E-state index in [9.17, 15) is 9.59 Å². The number of nitrogens with one attached hydrogen (secondary N) is 1. The van der Waals surface area contributed by atoms with Crippen LogP contribution >= 0.6 is 0 Å². The van der Waals surface area contributed by atoms with Gasteiger partial charge in [-0.05, 0) is 62.5 Å². The van der Waals surface area contributed by atoms with Crippen LogP contribution < -0.4 is 5.32 Å². The van der Waals surface area contributed by atoms with Crippen LogP contribution in [0.2, 0.25) is 0 Å². The Morgan fingerprint density at radius 1 is 1.15 bits per heavy atom. The van der Waals surface area contributed by atoms with Crippen molar-refractivity contribution < 1.29 is 9.59 Å². The van der Waals surface area contributed by atoms with Gasteiger partial charge in [0.2, 0.25) is 5.91 Å². The molecule has 0 aliphatic carbocycles. The van der Waals surface area contributed by atoms with Crippen molar-refractivity contribution in [2.24, 2.45) is 5.92 Å². The van der Waals surface area contributed by atoms with Crippen LogP contribution in [0.5, 0.6) is 0 Å². The first-order valence-corrected chi connectivity index (χ1v) is 9.78. The zero-order chi connectivity index (χ0) is 19.1. The van der Waals surface area contributed by atoms with E-state index in [0.29, 0.717) is 0 Å². The minimum atomic E-state index is -0.186. The summed E-state index contributed by atoms with van der Waals surface area (Å²) in [5, 5.41) is 3.04. The van der Waals surface area contributed by atoms with E-state index in [1.807, 2.05) is 49.4 Å². The maximum atomic E-state index is 12.5. The lowest BCUT2D eigenvalue weighted by Crippen LogP contribution is -2.35. The van der Waals surface area contributed by atoms with E-state index in [0.717, 1.165) is 56.4 Å². The van der Waals surface area contributed by atoms with Crippen LogP contribution in [-0.4, -0.2) is 36.7 Å². The Kier molecular flexibility index (Phi) is 6.77. The van der Waals surface area contributed by atoms with E-state index >= 15 is 0 Å². The van der Waals surface area contributed by atoms with Gasteiger partial charge in [-0.15, -0.1) is 0 Å². The lowest BCUT2D eigenvalue weighted by atomic mass is 9.98. The molecule has 0 bridgehead atoms. The number of carbonyl (C=O) groups excluding carboxylic acids is 2. The van der Waals surface area contributed by atoms with Gasteiger partial charge >= 0.3 is 0 Å². The number of rotatable bonds is 7. The van der Waals surface area contributed by atoms with Gasteiger partial charge in [0, 0.05) is 18.2 Å². The summed E-state index contributed by atoms with van der Waals surface area (Å²) in [6.45, 7) is 4.91. The second-order valence-corrected chi connectivity index (χ2v) is 7.39. The Morgan fingerprint density at radius 3 is 2.59 bits per heavy atom. The molecular weight excluding hydrogens is 336 g/mol. The van der Waals surface area contributed by atoms with Gasteiger partial charge < -0.3 is 15.0 Å². The van der Waals surface area contributed by atoms with Crippen LogP contribution in [0.3, 0.4) is 0 Å². The summed E-state index contributed by atoms with van der Waals surface area (Å²) in [7, 11) is 0. The van der Waals surface area contributed by atoms with Crippen molar-refractivity contribution in [3.05, 3.63) is 65.7 Å². The number of amides is 1. The van der Waals surface area contributed by atoms with Gasteiger partial charge in [0.25, 0.3) is 0 Å². The third-order valence-electron chi connectivity index (χ3n) is 5.43. The van der Waals surface area contributed by atoms with Gasteiger partial charge in [0.05, 0.1) is 5.92 Å². The van der Waals surface area contributed by atoms with Gasteiger partial charge in [0.1, 0.15) is 6.29 Å². The third kappa shape index (κ3) is 5.51. The minimum Gasteiger partial charge on any atom is -0.326 e. The molecule has 1 aliphatic heterocycles. The lowest BCUT2D eigenvalue weighted by molar-refractivity contribution is -0.117. The molecule has 1 aliphatic rings. The highest BCUT2D eigenvalue weighted by atomic mass is 16.1. The van der Waals surface area contributed by atoms with Crippen molar-refractivity contribution >= 4 is 17.9 Å². The van der Waals surface area contributed by atoms with Crippen LogP contribution in [0.15, 0.2) is 54.6 Å². The number of carbonyl (C=O) groups is 2. The summed E-state index contributed by atoms with van der Waals surface area (Å²) in [6.07, 6.45) is 3.98. The average Bonchev–Trinajstić information content (AvgIpc) is 2.73. The Labute approximate surface area is 161 Å². The average molecular weight is 364 g/mol. The van der Waals surface area contributed by atoms with Gasteiger partial charge in [-0.25, -0.2) is 0 Å². The molecule has 1 saturated heterocycles. The van der Waals surface area contributed by atoms with Gasteiger partial charge in [0.15, 0.2) is 0 Å². The fourth-order valence-electron chi connectivity index (χ4n) is 3.55. The zero-order valence-electron chi connectivity index (χ0n) is 15.9. The SMILES string of the molecule is CC(C(=O)Nc1cccc(CCN2CCC(C=O)CC2)c1)c1ccccc1. The first kappa shape index (κ1) is 19.3. The second kappa shape index (κ2) is 9.47. The predicted molar refractivity (Wildman–Crippen MR) is 109 cm³/mol. The number of anilines is 1. The van der Waals surface area contributed by atoms with Gasteiger partial charge in [-0.1, -0.05) is 42.5 Å². The first-order chi connectivity index (χ1) is 13.2. The summed E-state index contributed by atoms with van der Waals surface area (Å²) in [5.74, 6) is 0.0645. The molecule has 2 aromatic rings. The predicted octanol–water partition coefficient (Wildman–Crippen LogP) is 3.88. The molecule has 2 aromatic carbocycles. The van der Waals surface area contributed by atoms with Gasteiger partial charge in [-0.2, -0.15) is 0 Å². The molecule has 1 N–H and O–H groups in total. The molecule has 0 spiro atoms. The quantitative estimate of drug-likeness (QED) is 0.759. The molecular formula is C23H28N2O2. The highest BCUT2D eigenvalue weighted by Crippen LogP contribution is 2.19. The van der Waals surface area contributed by atoms with Crippen LogP contribution in [0, 0.1) is 5.92 Å². The molecule has 0 saturated carbocycles. The molecule has 1 amide bonds. The van der Waals surface area contributed by atoms with Crippen LogP contribution in [0.4, 0.5) is 5.69 Å². The molecule has 0 aromatic heterocycles. The number of hydrogen-bond acceptors (Lipinski definition) is 3. The van der Waals surface area contributed by atoms with Crippen molar-refractivity contribution in [3.63, 3.8) is 0 Å². The Bertz CT molecular complexity index is 752. The summed E-state index contributed by atoms with van der Waals surface area (Å²) in [6, 6.07) is 17.9. The molecule has 3 rings (SSSR count).